The third-order valence-corrected chi connectivity index (χ3v) is 4.80. The Morgan fingerprint density at radius 1 is 1.15 bits per heavy atom. The number of aliphatic imine (C=N–C) groups is 1. The van der Waals surface area contributed by atoms with Crippen molar-refractivity contribution in [2.75, 3.05) is 39.9 Å². The number of nitrogens with one attached hydrogen (secondary N) is 2. The molecule has 0 unspecified atom stereocenters. The van der Waals surface area contributed by atoms with Crippen LogP contribution in [0.2, 0.25) is 0 Å². The van der Waals surface area contributed by atoms with E-state index in [1.165, 1.54) is 12.0 Å². The maximum absolute atomic E-state index is 5.59. The normalized spacial score (nSPS) is 16.0. The molecule has 0 atom stereocenters. The molecule has 0 aliphatic carbocycles. The smallest absolute Gasteiger partial charge is 0.191 e. The van der Waals surface area contributed by atoms with Crippen molar-refractivity contribution in [2.45, 2.75) is 51.6 Å². The van der Waals surface area contributed by atoms with Gasteiger partial charge >= 0.3 is 0 Å². The second-order valence-corrected chi connectivity index (χ2v) is 7.00. The quantitative estimate of drug-likeness (QED) is 0.229. The monoisotopic (exact) mass is 488 g/mol. The van der Waals surface area contributed by atoms with Crippen LogP contribution in [-0.4, -0.2) is 56.8 Å². The second-order valence-electron chi connectivity index (χ2n) is 7.00. The number of guanidine groups is 1. The zero-order valence-corrected chi connectivity index (χ0v) is 19.3. The van der Waals surface area contributed by atoms with Gasteiger partial charge in [0.2, 0.25) is 0 Å². The van der Waals surface area contributed by atoms with E-state index in [0.29, 0.717) is 6.04 Å². The van der Waals surface area contributed by atoms with Crippen molar-refractivity contribution < 1.29 is 4.74 Å². The van der Waals surface area contributed by atoms with Crippen LogP contribution in [0.1, 0.15) is 44.6 Å². The van der Waals surface area contributed by atoms with E-state index in [2.05, 4.69) is 57.8 Å². The number of likely N-dealkylation sites (tertiary alicyclic amines) is 1. The van der Waals surface area contributed by atoms with Gasteiger partial charge in [-0.3, -0.25) is 9.89 Å². The Labute approximate surface area is 182 Å². The van der Waals surface area contributed by atoms with E-state index in [1.807, 2.05) is 7.05 Å². The molecule has 6 heteroatoms. The van der Waals surface area contributed by atoms with E-state index in [1.54, 1.807) is 0 Å². The highest BCUT2D eigenvalue weighted by molar-refractivity contribution is 14.0. The van der Waals surface area contributed by atoms with Crippen molar-refractivity contribution in [3.8, 4) is 0 Å². The number of unbranched alkanes of at least 4 members (excludes halogenated alkanes) is 1. The van der Waals surface area contributed by atoms with Crippen molar-refractivity contribution in [3.63, 3.8) is 0 Å². The van der Waals surface area contributed by atoms with Gasteiger partial charge in [0.05, 0.1) is 0 Å². The van der Waals surface area contributed by atoms with E-state index in [9.17, 15) is 0 Å². The van der Waals surface area contributed by atoms with Gasteiger partial charge in [0, 0.05) is 52.5 Å². The van der Waals surface area contributed by atoms with E-state index in [4.69, 9.17) is 4.74 Å². The maximum Gasteiger partial charge on any atom is 0.191 e. The first-order chi connectivity index (χ1) is 12.8. The fourth-order valence-corrected chi connectivity index (χ4v) is 3.19. The van der Waals surface area contributed by atoms with E-state index < -0.39 is 0 Å². The Morgan fingerprint density at radius 2 is 1.85 bits per heavy atom. The lowest BCUT2D eigenvalue weighted by atomic mass is 10.0. The predicted octanol–water partition coefficient (Wildman–Crippen LogP) is 3.64. The van der Waals surface area contributed by atoms with Gasteiger partial charge in [-0.25, -0.2) is 0 Å². The number of hydrogen-bond acceptors (Lipinski definition) is 3. The summed E-state index contributed by atoms with van der Waals surface area (Å²) in [6.07, 6.45) is 5.68. The van der Waals surface area contributed by atoms with Gasteiger partial charge in [-0.1, -0.05) is 43.7 Å². The van der Waals surface area contributed by atoms with Gasteiger partial charge in [0.15, 0.2) is 5.96 Å². The lowest BCUT2D eigenvalue weighted by Crippen LogP contribution is -2.48. The molecule has 0 aromatic heterocycles. The summed E-state index contributed by atoms with van der Waals surface area (Å²) in [7, 11) is 1.84. The molecule has 1 saturated heterocycles. The zero-order chi connectivity index (χ0) is 18.5. The summed E-state index contributed by atoms with van der Waals surface area (Å²) in [6, 6.07) is 11.2. The lowest BCUT2D eigenvalue weighted by Gasteiger charge is -2.33. The van der Waals surface area contributed by atoms with Gasteiger partial charge in [-0.2, -0.15) is 0 Å². The first kappa shape index (κ1) is 24.2. The highest BCUT2D eigenvalue weighted by atomic mass is 127. The Balaban J connectivity index is 0.00000364. The summed E-state index contributed by atoms with van der Waals surface area (Å²) in [5, 5.41) is 6.98. The summed E-state index contributed by atoms with van der Waals surface area (Å²) in [5.41, 5.74) is 1.40. The summed E-state index contributed by atoms with van der Waals surface area (Å²) < 4.78 is 5.59. The number of halogens is 1. The van der Waals surface area contributed by atoms with E-state index >= 15 is 0 Å². The Bertz CT molecular complexity index is 504. The topological polar surface area (TPSA) is 48.9 Å². The largest absolute Gasteiger partial charge is 0.381 e. The van der Waals surface area contributed by atoms with Gasteiger partial charge in [-0.05, 0) is 31.2 Å². The average Bonchev–Trinajstić information content (AvgIpc) is 2.68. The van der Waals surface area contributed by atoms with Crippen LogP contribution < -0.4 is 10.6 Å². The number of rotatable bonds is 10. The highest BCUT2D eigenvalue weighted by Crippen LogP contribution is 2.13. The molecular weight excluding hydrogens is 451 g/mol. The van der Waals surface area contributed by atoms with Crippen LogP contribution in [0.4, 0.5) is 0 Å². The van der Waals surface area contributed by atoms with Crippen molar-refractivity contribution in [2.24, 2.45) is 4.99 Å². The predicted molar refractivity (Wildman–Crippen MR) is 125 cm³/mol. The summed E-state index contributed by atoms with van der Waals surface area (Å²) in [4.78, 5) is 6.90. The van der Waals surface area contributed by atoms with Crippen LogP contribution in [0.3, 0.4) is 0 Å². The SMILES string of the molecule is CCCCOCCCNC(=NC)NC1CCN(Cc2ccccc2)CC1.I. The standard InChI is InChI=1S/C21H36N4O.HI/c1-3-4-16-26-17-8-13-23-21(22-2)24-20-11-14-25(15-12-20)18-19-9-6-5-7-10-19;/h5-7,9-10,20H,3-4,8,11-18H2,1-2H3,(H2,22,23,24);1H. The van der Waals surface area contributed by atoms with E-state index in [0.717, 1.165) is 71.0 Å². The number of nitrogens with zero attached hydrogens (tertiary/aromatic N) is 2. The van der Waals surface area contributed by atoms with Gasteiger partial charge < -0.3 is 15.4 Å². The maximum atomic E-state index is 5.59. The van der Waals surface area contributed by atoms with E-state index in [-0.39, 0.29) is 24.0 Å². The molecule has 27 heavy (non-hydrogen) atoms. The number of piperidine rings is 1. The average molecular weight is 488 g/mol. The van der Waals surface area contributed by atoms with Crippen LogP contribution >= 0.6 is 24.0 Å². The molecule has 1 aromatic carbocycles. The van der Waals surface area contributed by atoms with Crippen LogP contribution in [-0.2, 0) is 11.3 Å². The fourth-order valence-electron chi connectivity index (χ4n) is 3.19. The third-order valence-electron chi connectivity index (χ3n) is 4.80. The molecule has 0 radical (unpaired) electrons. The Morgan fingerprint density at radius 3 is 2.52 bits per heavy atom. The molecule has 1 aliphatic heterocycles. The molecule has 0 spiro atoms. The number of ether oxygens (including phenoxy) is 1. The van der Waals surface area contributed by atoms with Crippen molar-refractivity contribution in [1.29, 1.82) is 0 Å². The van der Waals surface area contributed by atoms with Crippen molar-refractivity contribution in [3.05, 3.63) is 35.9 Å². The zero-order valence-electron chi connectivity index (χ0n) is 17.0. The minimum Gasteiger partial charge on any atom is -0.381 e. The molecule has 2 rings (SSSR count). The second kappa shape index (κ2) is 15.1. The fraction of sp³-hybridized carbons (Fsp3) is 0.667. The summed E-state index contributed by atoms with van der Waals surface area (Å²) in [5.74, 6) is 0.917. The molecule has 2 N–H and O–H groups in total. The molecule has 1 aromatic rings. The number of hydrogen-bond donors (Lipinski definition) is 2. The molecule has 1 heterocycles. The molecule has 0 amide bonds. The first-order valence-electron chi connectivity index (χ1n) is 10.1. The molecule has 1 aliphatic rings. The van der Waals surface area contributed by atoms with Crippen LogP contribution in [0.15, 0.2) is 35.3 Å². The van der Waals surface area contributed by atoms with Gasteiger partial charge in [0.25, 0.3) is 0 Å². The van der Waals surface area contributed by atoms with Crippen molar-refractivity contribution in [1.82, 2.24) is 15.5 Å². The first-order valence-corrected chi connectivity index (χ1v) is 10.1. The third kappa shape index (κ3) is 10.3. The molecular formula is C21H37IN4O. The lowest BCUT2D eigenvalue weighted by molar-refractivity contribution is 0.129. The van der Waals surface area contributed by atoms with Crippen LogP contribution in [0, 0.1) is 0 Å². The molecule has 1 fully saturated rings. The minimum absolute atomic E-state index is 0. The van der Waals surface area contributed by atoms with Gasteiger partial charge in [0.1, 0.15) is 0 Å². The van der Waals surface area contributed by atoms with Crippen molar-refractivity contribution >= 4 is 29.9 Å². The minimum atomic E-state index is 0. The molecule has 5 nitrogen and oxygen atoms in total. The van der Waals surface area contributed by atoms with Crippen LogP contribution in [0.5, 0.6) is 0 Å². The molecule has 154 valence electrons. The number of benzene rings is 1. The van der Waals surface area contributed by atoms with Crippen LogP contribution in [0.25, 0.3) is 0 Å². The highest BCUT2D eigenvalue weighted by Gasteiger charge is 2.19. The molecule has 0 saturated carbocycles. The summed E-state index contributed by atoms with van der Waals surface area (Å²) in [6.45, 7) is 8.11. The molecule has 0 bridgehead atoms. The summed E-state index contributed by atoms with van der Waals surface area (Å²) >= 11 is 0. The Hall–Kier alpha value is -0.860. The van der Waals surface area contributed by atoms with Gasteiger partial charge in [-0.15, -0.1) is 24.0 Å². The Kier molecular flexibility index (Phi) is 13.5.